The van der Waals surface area contributed by atoms with Gasteiger partial charge in [0, 0.05) is 29.2 Å². The van der Waals surface area contributed by atoms with E-state index < -0.39 is 0 Å². The number of nitrogens with zero attached hydrogens (tertiary/aromatic N) is 2. The highest BCUT2D eigenvalue weighted by Crippen LogP contribution is 2.30. The van der Waals surface area contributed by atoms with E-state index in [4.69, 9.17) is 0 Å². The molecule has 5 heteroatoms. The lowest BCUT2D eigenvalue weighted by molar-refractivity contribution is 0.102. The van der Waals surface area contributed by atoms with Gasteiger partial charge in [0.2, 0.25) is 0 Å². The molecule has 2 heterocycles. The van der Waals surface area contributed by atoms with E-state index in [1.165, 1.54) is 11.3 Å². The van der Waals surface area contributed by atoms with Crippen LogP contribution >= 0.6 is 11.3 Å². The normalized spacial score (nSPS) is 13.6. The fraction of sp³-hybridized carbons (Fsp3) is 0.250. The molecule has 1 amide bonds. The molecule has 0 radical (unpaired) electrons. The summed E-state index contributed by atoms with van der Waals surface area (Å²) in [5, 5.41) is 4.78. The molecular weight excluding hydrogens is 282 g/mol. The summed E-state index contributed by atoms with van der Waals surface area (Å²) in [6.07, 6.45) is 5.32. The molecule has 1 aliphatic rings. The molecule has 1 aromatic carbocycles. The van der Waals surface area contributed by atoms with Gasteiger partial charge in [0.25, 0.3) is 5.91 Å². The van der Waals surface area contributed by atoms with Crippen LogP contribution in [-0.4, -0.2) is 15.5 Å². The monoisotopic (exact) mass is 297 g/mol. The Kier molecular flexibility index (Phi) is 2.82. The van der Waals surface area contributed by atoms with Crippen LogP contribution in [0.5, 0.6) is 0 Å². The van der Waals surface area contributed by atoms with Crippen molar-refractivity contribution in [3.05, 3.63) is 46.6 Å². The lowest BCUT2D eigenvalue weighted by Gasteiger charge is -2.03. The van der Waals surface area contributed by atoms with Crippen molar-refractivity contribution in [1.29, 1.82) is 0 Å². The first kappa shape index (κ1) is 12.6. The maximum absolute atomic E-state index is 12.4. The summed E-state index contributed by atoms with van der Waals surface area (Å²) in [5.74, 6) is -0.0921. The third-order valence-corrected chi connectivity index (χ3v) is 5.04. The Morgan fingerprint density at radius 3 is 3.10 bits per heavy atom. The van der Waals surface area contributed by atoms with E-state index in [0.29, 0.717) is 5.56 Å². The van der Waals surface area contributed by atoms with Gasteiger partial charge in [-0.25, -0.2) is 4.98 Å². The molecule has 4 nitrogen and oxygen atoms in total. The fourth-order valence-corrected chi connectivity index (χ4v) is 3.86. The highest BCUT2D eigenvalue weighted by Gasteiger charge is 2.18. The minimum Gasteiger partial charge on any atom is -0.351 e. The zero-order valence-corrected chi connectivity index (χ0v) is 12.5. The Morgan fingerprint density at radius 2 is 2.24 bits per heavy atom. The number of rotatable bonds is 2. The highest BCUT2D eigenvalue weighted by molar-refractivity contribution is 7.16. The Bertz CT molecular complexity index is 825. The lowest BCUT2D eigenvalue weighted by atomic mass is 10.1. The fourth-order valence-electron chi connectivity index (χ4n) is 2.82. The lowest BCUT2D eigenvalue weighted by Crippen LogP contribution is -2.11. The molecule has 0 spiro atoms. The second-order valence-corrected chi connectivity index (χ2v) is 6.48. The average molecular weight is 297 g/mol. The third-order valence-electron chi connectivity index (χ3n) is 3.97. The van der Waals surface area contributed by atoms with Crippen molar-refractivity contribution in [3.8, 4) is 0 Å². The molecule has 2 aromatic heterocycles. The van der Waals surface area contributed by atoms with Gasteiger partial charge in [0.1, 0.15) is 0 Å². The largest absolute Gasteiger partial charge is 0.351 e. The topological polar surface area (TPSA) is 46.9 Å². The van der Waals surface area contributed by atoms with Crippen molar-refractivity contribution in [2.24, 2.45) is 7.05 Å². The molecule has 106 valence electrons. The minimum atomic E-state index is -0.0921. The number of amides is 1. The number of aromatic nitrogens is 2. The van der Waals surface area contributed by atoms with Gasteiger partial charge in [-0.1, -0.05) is 6.07 Å². The summed E-state index contributed by atoms with van der Waals surface area (Å²) in [6.45, 7) is 0. The van der Waals surface area contributed by atoms with E-state index in [9.17, 15) is 4.79 Å². The first-order chi connectivity index (χ1) is 10.2. The second kappa shape index (κ2) is 4.70. The molecular formula is C16H15N3OS. The van der Waals surface area contributed by atoms with Gasteiger partial charge in [0.15, 0.2) is 5.13 Å². The molecule has 0 aliphatic heterocycles. The molecule has 0 saturated heterocycles. The van der Waals surface area contributed by atoms with Gasteiger partial charge in [-0.05, 0) is 42.8 Å². The van der Waals surface area contributed by atoms with E-state index in [0.717, 1.165) is 34.6 Å². The van der Waals surface area contributed by atoms with Crippen LogP contribution in [0.4, 0.5) is 5.13 Å². The number of anilines is 1. The summed E-state index contributed by atoms with van der Waals surface area (Å²) in [7, 11) is 1.98. The maximum atomic E-state index is 12.4. The Labute approximate surface area is 126 Å². The van der Waals surface area contributed by atoms with Crippen molar-refractivity contribution in [2.45, 2.75) is 19.3 Å². The molecule has 0 atom stereocenters. The molecule has 0 saturated carbocycles. The minimum absolute atomic E-state index is 0.0921. The Morgan fingerprint density at radius 1 is 1.33 bits per heavy atom. The summed E-state index contributed by atoms with van der Waals surface area (Å²) in [5.41, 5.74) is 2.89. The SMILES string of the molecule is Cn1ccc2ccc(C(=O)Nc3nc4c(s3)CCC4)cc21. The zero-order chi connectivity index (χ0) is 14.4. The number of carbonyl (C=O) groups is 1. The molecule has 0 bridgehead atoms. The van der Waals surface area contributed by atoms with E-state index >= 15 is 0 Å². The molecule has 1 aliphatic carbocycles. The van der Waals surface area contributed by atoms with Gasteiger partial charge in [-0.15, -0.1) is 11.3 Å². The Hall–Kier alpha value is -2.14. The van der Waals surface area contributed by atoms with Gasteiger partial charge < -0.3 is 4.57 Å². The number of fused-ring (bicyclic) bond motifs is 2. The Balaban J connectivity index is 1.61. The van der Waals surface area contributed by atoms with E-state index in [2.05, 4.69) is 10.3 Å². The predicted octanol–water partition coefficient (Wildman–Crippen LogP) is 3.38. The van der Waals surface area contributed by atoms with Crippen molar-refractivity contribution < 1.29 is 4.79 Å². The van der Waals surface area contributed by atoms with Crippen LogP contribution in [0.15, 0.2) is 30.5 Å². The van der Waals surface area contributed by atoms with Crippen LogP contribution in [0, 0.1) is 0 Å². The summed E-state index contributed by atoms with van der Waals surface area (Å²) in [4.78, 5) is 18.2. The van der Waals surface area contributed by atoms with Gasteiger partial charge in [-0.3, -0.25) is 10.1 Å². The number of thiazole rings is 1. The maximum Gasteiger partial charge on any atom is 0.257 e. The number of hydrogen-bond acceptors (Lipinski definition) is 3. The first-order valence-corrected chi connectivity index (χ1v) is 7.87. The number of carbonyl (C=O) groups excluding carboxylic acids is 1. The molecule has 4 rings (SSSR count). The molecule has 21 heavy (non-hydrogen) atoms. The summed E-state index contributed by atoms with van der Waals surface area (Å²) >= 11 is 1.61. The van der Waals surface area contributed by atoms with E-state index in [1.807, 2.05) is 42.1 Å². The van der Waals surface area contributed by atoms with Crippen LogP contribution in [0.2, 0.25) is 0 Å². The number of hydrogen-bond donors (Lipinski definition) is 1. The quantitative estimate of drug-likeness (QED) is 0.788. The molecule has 1 N–H and O–H groups in total. The van der Waals surface area contributed by atoms with Crippen LogP contribution < -0.4 is 5.32 Å². The van der Waals surface area contributed by atoms with E-state index in [1.54, 1.807) is 11.3 Å². The van der Waals surface area contributed by atoms with Crippen LogP contribution in [0.25, 0.3) is 10.9 Å². The first-order valence-electron chi connectivity index (χ1n) is 7.06. The van der Waals surface area contributed by atoms with Gasteiger partial charge in [0.05, 0.1) is 5.69 Å². The highest BCUT2D eigenvalue weighted by atomic mass is 32.1. The summed E-state index contributed by atoms with van der Waals surface area (Å²) < 4.78 is 2.02. The number of nitrogens with one attached hydrogen (secondary N) is 1. The van der Waals surface area contributed by atoms with Crippen molar-refractivity contribution in [2.75, 3.05) is 5.32 Å². The summed E-state index contributed by atoms with van der Waals surface area (Å²) in [6, 6.07) is 7.80. The second-order valence-electron chi connectivity index (χ2n) is 5.40. The molecule has 3 aromatic rings. The molecule has 0 unspecified atom stereocenters. The zero-order valence-electron chi connectivity index (χ0n) is 11.7. The van der Waals surface area contributed by atoms with Crippen molar-refractivity contribution in [3.63, 3.8) is 0 Å². The number of benzene rings is 1. The van der Waals surface area contributed by atoms with E-state index in [-0.39, 0.29) is 5.91 Å². The van der Waals surface area contributed by atoms with Crippen LogP contribution in [0.3, 0.4) is 0 Å². The molecule has 0 fully saturated rings. The standard InChI is InChI=1S/C16H15N3OS/c1-19-8-7-10-5-6-11(9-13(10)19)15(20)18-16-17-12-3-2-4-14(12)21-16/h5-9H,2-4H2,1H3,(H,17,18,20). The van der Waals surface area contributed by atoms with Crippen molar-refractivity contribution >= 4 is 33.3 Å². The number of aryl methyl sites for hydroxylation is 3. The third kappa shape index (κ3) is 2.14. The smallest absolute Gasteiger partial charge is 0.257 e. The van der Waals surface area contributed by atoms with Gasteiger partial charge >= 0.3 is 0 Å². The van der Waals surface area contributed by atoms with Gasteiger partial charge in [-0.2, -0.15) is 0 Å². The average Bonchev–Trinajstić information content (AvgIpc) is 3.14. The van der Waals surface area contributed by atoms with Crippen molar-refractivity contribution in [1.82, 2.24) is 9.55 Å². The van der Waals surface area contributed by atoms with Crippen LogP contribution in [-0.2, 0) is 19.9 Å². The predicted molar refractivity (Wildman–Crippen MR) is 85.0 cm³/mol. The van der Waals surface area contributed by atoms with Crippen LogP contribution in [0.1, 0.15) is 27.3 Å².